The van der Waals surface area contributed by atoms with Crippen molar-refractivity contribution in [3.63, 3.8) is 0 Å². The average molecular weight is 271 g/mol. The molecule has 1 aromatic carbocycles. The van der Waals surface area contributed by atoms with Crippen molar-refractivity contribution in [3.8, 4) is 0 Å². The van der Waals surface area contributed by atoms with Gasteiger partial charge in [-0.2, -0.15) is 13.2 Å². The topological polar surface area (TPSA) is 32.3 Å². The lowest BCUT2D eigenvalue weighted by Crippen LogP contribution is -2.54. The Hall–Kier alpha value is -1.07. The normalized spacial score (nSPS) is 31.7. The third-order valence-corrected chi connectivity index (χ3v) is 4.36. The van der Waals surface area contributed by atoms with E-state index < -0.39 is 11.8 Å². The van der Waals surface area contributed by atoms with Crippen molar-refractivity contribution < 1.29 is 18.3 Å². The van der Waals surface area contributed by atoms with Crippen LogP contribution in [0.4, 0.5) is 13.2 Å². The van der Waals surface area contributed by atoms with Crippen molar-refractivity contribution in [1.82, 2.24) is 5.32 Å². The van der Waals surface area contributed by atoms with Gasteiger partial charge in [-0.05, 0) is 29.9 Å². The van der Waals surface area contributed by atoms with Gasteiger partial charge >= 0.3 is 6.18 Å². The van der Waals surface area contributed by atoms with Gasteiger partial charge in [0.05, 0.1) is 0 Å². The Kier molecular flexibility index (Phi) is 2.87. The van der Waals surface area contributed by atoms with Crippen LogP contribution >= 0.6 is 0 Å². The van der Waals surface area contributed by atoms with Gasteiger partial charge in [0.25, 0.3) is 0 Å². The molecule has 3 rings (SSSR count). The number of halogens is 3. The maximum Gasteiger partial charge on any atom is 0.417 e. The first-order valence-electron chi connectivity index (χ1n) is 6.49. The second kappa shape index (κ2) is 4.21. The van der Waals surface area contributed by atoms with Crippen LogP contribution in [0.15, 0.2) is 24.3 Å². The molecule has 0 amide bonds. The smallest absolute Gasteiger partial charge is 0.380 e. The summed E-state index contributed by atoms with van der Waals surface area (Å²) in [6.07, 6.45) is -4.96. The fourth-order valence-electron chi connectivity index (χ4n) is 2.79. The molecule has 2 aliphatic rings. The Labute approximate surface area is 109 Å². The van der Waals surface area contributed by atoms with E-state index in [0.717, 1.165) is 18.7 Å². The van der Waals surface area contributed by atoms with Gasteiger partial charge in [-0.25, -0.2) is 0 Å². The van der Waals surface area contributed by atoms with E-state index in [1.54, 1.807) is 0 Å². The van der Waals surface area contributed by atoms with Gasteiger partial charge in [-0.1, -0.05) is 24.3 Å². The van der Waals surface area contributed by atoms with Gasteiger partial charge in [0.1, 0.15) is 0 Å². The molecule has 1 aliphatic heterocycles. The molecular weight excluding hydrogens is 255 g/mol. The van der Waals surface area contributed by atoms with Crippen LogP contribution in [0.25, 0.3) is 0 Å². The Morgan fingerprint density at radius 2 is 1.47 bits per heavy atom. The second-order valence-corrected chi connectivity index (χ2v) is 5.66. The van der Waals surface area contributed by atoms with Crippen LogP contribution in [-0.4, -0.2) is 30.0 Å². The molecule has 0 unspecified atom stereocenters. The summed E-state index contributed by atoms with van der Waals surface area (Å²) in [6, 6.07) is 7.78. The highest BCUT2D eigenvalue weighted by atomic mass is 19.4. The zero-order chi connectivity index (χ0) is 13.7. The van der Waals surface area contributed by atoms with Crippen molar-refractivity contribution in [3.05, 3.63) is 35.4 Å². The van der Waals surface area contributed by atoms with Gasteiger partial charge in [-0.15, -0.1) is 0 Å². The van der Waals surface area contributed by atoms with Gasteiger partial charge < -0.3 is 10.4 Å². The number of rotatable bonds is 2. The zero-order valence-electron chi connectivity index (χ0n) is 10.4. The largest absolute Gasteiger partial charge is 0.417 e. The Balaban J connectivity index is 1.65. The summed E-state index contributed by atoms with van der Waals surface area (Å²) in [7, 11) is 0. The van der Waals surface area contributed by atoms with Crippen molar-refractivity contribution in [1.29, 1.82) is 0 Å². The maximum absolute atomic E-state index is 12.5. The summed E-state index contributed by atoms with van der Waals surface area (Å²) in [5.74, 6) is 0.350. The molecule has 104 valence electrons. The first-order chi connectivity index (χ1) is 8.89. The molecule has 19 heavy (non-hydrogen) atoms. The molecule has 1 aliphatic carbocycles. The summed E-state index contributed by atoms with van der Waals surface area (Å²) in [4.78, 5) is 0. The molecule has 1 heterocycles. The molecule has 0 bridgehead atoms. The van der Waals surface area contributed by atoms with Crippen molar-refractivity contribution in [2.45, 2.75) is 36.5 Å². The van der Waals surface area contributed by atoms with Crippen LogP contribution < -0.4 is 5.32 Å². The first-order valence-corrected chi connectivity index (χ1v) is 6.49. The van der Waals surface area contributed by atoms with Gasteiger partial charge in [0.2, 0.25) is 0 Å². The van der Waals surface area contributed by atoms with Crippen LogP contribution in [0, 0.1) is 0 Å². The lowest BCUT2D eigenvalue weighted by molar-refractivity contribution is -0.291. The summed E-state index contributed by atoms with van der Waals surface area (Å²) in [6.45, 7) is 1.94. The molecule has 2 N–H and O–H groups in total. The van der Waals surface area contributed by atoms with E-state index in [1.165, 1.54) is 5.56 Å². The highest BCUT2D eigenvalue weighted by Gasteiger charge is 2.61. The van der Waals surface area contributed by atoms with Crippen molar-refractivity contribution >= 4 is 0 Å². The molecule has 1 saturated heterocycles. The number of hydrogen-bond donors (Lipinski definition) is 2. The van der Waals surface area contributed by atoms with Gasteiger partial charge in [0, 0.05) is 19.0 Å². The Morgan fingerprint density at radius 1 is 1.00 bits per heavy atom. The molecular formula is C14H16F3NO. The van der Waals surface area contributed by atoms with E-state index in [9.17, 15) is 18.3 Å². The second-order valence-electron chi connectivity index (χ2n) is 5.66. The molecule has 2 nitrogen and oxygen atoms in total. The molecule has 0 radical (unpaired) electrons. The minimum atomic E-state index is -4.51. The standard InChI is InChI=1S/C14H16F3NO/c15-14(16,17)13(19)5-11(6-13)9-1-3-10(4-2-9)12-7-18-8-12/h1-4,11-12,18-19H,5-8H2. The molecule has 1 aromatic rings. The zero-order valence-corrected chi connectivity index (χ0v) is 10.4. The van der Waals surface area contributed by atoms with Gasteiger partial charge in [-0.3, -0.25) is 0 Å². The van der Waals surface area contributed by atoms with Crippen LogP contribution in [0.3, 0.4) is 0 Å². The fraction of sp³-hybridized carbons (Fsp3) is 0.571. The van der Waals surface area contributed by atoms with Gasteiger partial charge in [0.15, 0.2) is 5.60 Å². The van der Waals surface area contributed by atoms with E-state index >= 15 is 0 Å². The molecule has 0 aromatic heterocycles. The number of aliphatic hydroxyl groups is 1. The minimum Gasteiger partial charge on any atom is -0.380 e. The highest BCUT2D eigenvalue weighted by molar-refractivity contribution is 5.31. The fourth-order valence-corrected chi connectivity index (χ4v) is 2.79. The van der Waals surface area contributed by atoms with Crippen LogP contribution in [0.2, 0.25) is 0 Å². The molecule has 2 fully saturated rings. The van der Waals surface area contributed by atoms with Crippen LogP contribution in [0.1, 0.15) is 35.8 Å². The minimum absolute atomic E-state index is 0.180. The predicted octanol–water partition coefficient (Wildman–Crippen LogP) is 2.54. The Morgan fingerprint density at radius 3 is 1.84 bits per heavy atom. The van der Waals surface area contributed by atoms with E-state index in [4.69, 9.17) is 0 Å². The Bertz CT molecular complexity index is 459. The van der Waals surface area contributed by atoms with E-state index in [-0.39, 0.29) is 18.8 Å². The lowest BCUT2D eigenvalue weighted by Gasteiger charge is -2.44. The lowest BCUT2D eigenvalue weighted by atomic mass is 9.67. The molecule has 1 saturated carbocycles. The summed E-state index contributed by atoms with van der Waals surface area (Å²) < 4.78 is 37.6. The third kappa shape index (κ3) is 2.15. The average Bonchev–Trinajstić information content (AvgIpc) is 2.22. The predicted molar refractivity (Wildman–Crippen MR) is 65.0 cm³/mol. The molecule has 0 atom stereocenters. The molecule has 0 spiro atoms. The quantitative estimate of drug-likeness (QED) is 0.866. The van der Waals surface area contributed by atoms with E-state index in [1.807, 2.05) is 24.3 Å². The number of benzene rings is 1. The van der Waals surface area contributed by atoms with Crippen molar-refractivity contribution in [2.75, 3.05) is 13.1 Å². The van der Waals surface area contributed by atoms with Crippen LogP contribution in [-0.2, 0) is 0 Å². The third-order valence-electron chi connectivity index (χ3n) is 4.36. The van der Waals surface area contributed by atoms with E-state index in [2.05, 4.69) is 5.32 Å². The number of nitrogens with one attached hydrogen (secondary N) is 1. The monoisotopic (exact) mass is 271 g/mol. The van der Waals surface area contributed by atoms with Crippen LogP contribution in [0.5, 0.6) is 0 Å². The highest BCUT2D eigenvalue weighted by Crippen LogP contribution is 2.52. The summed E-state index contributed by atoms with van der Waals surface area (Å²) in [5.41, 5.74) is -0.355. The van der Waals surface area contributed by atoms with Crippen molar-refractivity contribution in [2.24, 2.45) is 0 Å². The summed E-state index contributed by atoms with van der Waals surface area (Å²) in [5, 5.41) is 12.6. The number of alkyl halides is 3. The summed E-state index contributed by atoms with van der Waals surface area (Å²) >= 11 is 0. The molecule has 5 heteroatoms. The maximum atomic E-state index is 12.5. The number of hydrogen-bond acceptors (Lipinski definition) is 2. The van der Waals surface area contributed by atoms with E-state index in [0.29, 0.717) is 5.92 Å². The SMILES string of the molecule is OC1(C(F)(F)F)CC(c2ccc(C3CNC3)cc2)C1. The first kappa shape index (κ1) is 12.9.